The summed E-state index contributed by atoms with van der Waals surface area (Å²) in [7, 11) is 0. The molecule has 0 aliphatic carbocycles. The van der Waals surface area contributed by atoms with Crippen LogP contribution in [0.3, 0.4) is 0 Å². The van der Waals surface area contributed by atoms with E-state index in [1.165, 1.54) is 19.3 Å². The summed E-state index contributed by atoms with van der Waals surface area (Å²) in [5.41, 5.74) is 1.07. The van der Waals surface area contributed by atoms with Crippen LogP contribution >= 0.6 is 11.6 Å². The maximum atomic E-state index is 6.29. The number of hydrogen-bond donors (Lipinski definition) is 1. The van der Waals surface area contributed by atoms with E-state index in [9.17, 15) is 0 Å². The molecule has 1 N–H and O–H groups in total. The molecule has 0 unspecified atom stereocenters. The van der Waals surface area contributed by atoms with Crippen LogP contribution in [0.5, 0.6) is 5.75 Å². The van der Waals surface area contributed by atoms with Crippen molar-refractivity contribution in [2.45, 2.75) is 53.0 Å². The maximum Gasteiger partial charge on any atom is 0.125 e. The molecule has 0 spiro atoms. The number of unbranched alkanes of at least 4 members (excludes halogenated alkanes) is 3. The molecule has 3 heteroatoms. The van der Waals surface area contributed by atoms with E-state index >= 15 is 0 Å². The number of halogens is 1. The minimum Gasteiger partial charge on any atom is -0.493 e. The second kappa shape index (κ2) is 10.1. The Hall–Kier alpha value is -0.730. The van der Waals surface area contributed by atoms with Gasteiger partial charge in [0.15, 0.2) is 0 Å². The summed E-state index contributed by atoms with van der Waals surface area (Å²) in [6.07, 6.45) is 4.88. The van der Waals surface area contributed by atoms with Crippen LogP contribution in [-0.4, -0.2) is 13.2 Å². The predicted octanol–water partition coefficient (Wildman–Crippen LogP) is 5.04. The van der Waals surface area contributed by atoms with Crippen LogP contribution in [0.1, 0.15) is 52.0 Å². The lowest BCUT2D eigenvalue weighted by atomic mass is 10.1. The van der Waals surface area contributed by atoms with E-state index in [2.05, 4.69) is 26.1 Å². The molecule has 0 atom stereocenters. The summed E-state index contributed by atoms with van der Waals surface area (Å²) in [5.74, 6) is 1.56. The van der Waals surface area contributed by atoms with Crippen LogP contribution < -0.4 is 10.1 Å². The molecule has 0 saturated heterocycles. The molecule has 0 saturated carbocycles. The Morgan fingerprint density at radius 3 is 2.70 bits per heavy atom. The Morgan fingerprint density at radius 2 is 2.00 bits per heavy atom. The Bertz CT molecular complexity index is 379. The Morgan fingerprint density at radius 1 is 1.20 bits per heavy atom. The largest absolute Gasteiger partial charge is 0.493 e. The molecule has 0 aliphatic rings. The molecule has 114 valence electrons. The molecule has 0 aromatic heterocycles. The monoisotopic (exact) mass is 297 g/mol. The lowest BCUT2D eigenvalue weighted by molar-refractivity contribution is 0.301. The lowest BCUT2D eigenvalue weighted by Gasteiger charge is -2.14. The van der Waals surface area contributed by atoms with Crippen LogP contribution in [-0.2, 0) is 6.54 Å². The van der Waals surface area contributed by atoms with E-state index in [-0.39, 0.29) is 0 Å². The van der Waals surface area contributed by atoms with Crippen molar-refractivity contribution in [2.75, 3.05) is 13.2 Å². The molecule has 0 radical (unpaired) electrons. The standard InChI is InChI=1S/C17H28ClNO/c1-4-5-6-7-11-20-17-10-8-9-16(18)15(17)13-19-12-14(2)3/h8-10,14,19H,4-7,11-13H2,1-3H3. The predicted molar refractivity (Wildman–Crippen MR) is 87.6 cm³/mol. The summed E-state index contributed by atoms with van der Waals surface area (Å²) in [6, 6.07) is 5.89. The molecule has 20 heavy (non-hydrogen) atoms. The Kier molecular flexibility index (Phi) is 8.72. The van der Waals surface area contributed by atoms with Crippen LogP contribution in [0, 0.1) is 5.92 Å². The summed E-state index contributed by atoms with van der Waals surface area (Å²) in [6.45, 7) is 9.15. The van der Waals surface area contributed by atoms with E-state index in [4.69, 9.17) is 16.3 Å². The first-order valence-electron chi connectivity index (χ1n) is 7.76. The maximum absolute atomic E-state index is 6.29. The smallest absolute Gasteiger partial charge is 0.125 e. The fourth-order valence-electron chi connectivity index (χ4n) is 2.04. The van der Waals surface area contributed by atoms with Crippen molar-refractivity contribution in [2.24, 2.45) is 5.92 Å². The quantitative estimate of drug-likeness (QED) is 0.611. The van der Waals surface area contributed by atoms with Crippen LogP contribution in [0.15, 0.2) is 18.2 Å². The second-order valence-electron chi connectivity index (χ2n) is 5.65. The zero-order valence-corrected chi connectivity index (χ0v) is 13.8. The van der Waals surface area contributed by atoms with Gasteiger partial charge in [0.05, 0.1) is 6.61 Å². The average molecular weight is 298 g/mol. The molecular weight excluding hydrogens is 270 g/mol. The van der Waals surface area contributed by atoms with Crippen molar-refractivity contribution in [1.82, 2.24) is 5.32 Å². The SMILES string of the molecule is CCCCCCOc1cccc(Cl)c1CNCC(C)C. The number of rotatable bonds is 10. The van der Waals surface area contributed by atoms with Crippen molar-refractivity contribution in [1.29, 1.82) is 0 Å². The fourth-order valence-corrected chi connectivity index (χ4v) is 2.28. The molecule has 1 rings (SSSR count). The van der Waals surface area contributed by atoms with E-state index in [1.54, 1.807) is 0 Å². The van der Waals surface area contributed by atoms with Gasteiger partial charge in [-0.15, -0.1) is 0 Å². The van der Waals surface area contributed by atoms with Crippen molar-refractivity contribution in [3.05, 3.63) is 28.8 Å². The van der Waals surface area contributed by atoms with Gasteiger partial charge in [-0.05, 0) is 31.0 Å². The highest BCUT2D eigenvalue weighted by atomic mass is 35.5. The van der Waals surface area contributed by atoms with Gasteiger partial charge < -0.3 is 10.1 Å². The Labute approximate surface area is 128 Å². The highest BCUT2D eigenvalue weighted by Gasteiger charge is 2.08. The van der Waals surface area contributed by atoms with Crippen molar-refractivity contribution in [3.8, 4) is 5.75 Å². The van der Waals surface area contributed by atoms with Gasteiger partial charge in [-0.2, -0.15) is 0 Å². The first-order valence-corrected chi connectivity index (χ1v) is 8.13. The molecule has 0 aliphatic heterocycles. The van der Waals surface area contributed by atoms with Gasteiger partial charge in [-0.1, -0.05) is 57.7 Å². The van der Waals surface area contributed by atoms with Crippen LogP contribution in [0.25, 0.3) is 0 Å². The van der Waals surface area contributed by atoms with Gasteiger partial charge in [0.25, 0.3) is 0 Å². The van der Waals surface area contributed by atoms with Crippen LogP contribution in [0.2, 0.25) is 5.02 Å². The molecule has 1 aromatic rings. The van der Waals surface area contributed by atoms with Gasteiger partial charge >= 0.3 is 0 Å². The van der Waals surface area contributed by atoms with Crippen molar-refractivity contribution < 1.29 is 4.74 Å². The molecular formula is C17H28ClNO. The minimum atomic E-state index is 0.635. The van der Waals surface area contributed by atoms with E-state index in [1.807, 2.05) is 18.2 Å². The normalized spacial score (nSPS) is 11.1. The zero-order chi connectivity index (χ0) is 14.8. The summed E-state index contributed by atoms with van der Waals surface area (Å²) < 4.78 is 5.90. The second-order valence-corrected chi connectivity index (χ2v) is 6.06. The van der Waals surface area contributed by atoms with Gasteiger partial charge in [-0.3, -0.25) is 0 Å². The molecule has 0 amide bonds. The number of ether oxygens (including phenoxy) is 1. The molecule has 2 nitrogen and oxygen atoms in total. The number of benzene rings is 1. The zero-order valence-electron chi connectivity index (χ0n) is 13.0. The van der Waals surface area contributed by atoms with Gasteiger partial charge in [0.2, 0.25) is 0 Å². The molecule has 0 heterocycles. The van der Waals surface area contributed by atoms with Gasteiger partial charge in [-0.25, -0.2) is 0 Å². The third-order valence-electron chi connectivity index (χ3n) is 3.19. The first-order chi connectivity index (χ1) is 9.65. The van der Waals surface area contributed by atoms with Gasteiger partial charge in [0, 0.05) is 17.1 Å². The molecule has 1 aromatic carbocycles. The Balaban J connectivity index is 2.49. The van der Waals surface area contributed by atoms with Crippen molar-refractivity contribution in [3.63, 3.8) is 0 Å². The van der Waals surface area contributed by atoms with Crippen LogP contribution in [0.4, 0.5) is 0 Å². The third kappa shape index (κ3) is 6.62. The van der Waals surface area contributed by atoms with E-state index < -0.39 is 0 Å². The molecule has 0 fully saturated rings. The van der Waals surface area contributed by atoms with Crippen molar-refractivity contribution >= 4 is 11.6 Å². The third-order valence-corrected chi connectivity index (χ3v) is 3.54. The summed E-state index contributed by atoms with van der Waals surface area (Å²) >= 11 is 6.29. The summed E-state index contributed by atoms with van der Waals surface area (Å²) in [5, 5.41) is 4.21. The topological polar surface area (TPSA) is 21.3 Å². The van der Waals surface area contributed by atoms with E-state index in [0.29, 0.717) is 5.92 Å². The highest BCUT2D eigenvalue weighted by molar-refractivity contribution is 6.31. The lowest BCUT2D eigenvalue weighted by Crippen LogP contribution is -2.19. The first kappa shape index (κ1) is 17.3. The average Bonchev–Trinajstić information content (AvgIpc) is 2.41. The van der Waals surface area contributed by atoms with Gasteiger partial charge in [0.1, 0.15) is 5.75 Å². The number of hydrogen-bond acceptors (Lipinski definition) is 2. The fraction of sp³-hybridized carbons (Fsp3) is 0.647. The molecule has 0 bridgehead atoms. The summed E-state index contributed by atoms with van der Waals surface area (Å²) in [4.78, 5) is 0. The van der Waals surface area contributed by atoms with E-state index in [0.717, 1.165) is 42.5 Å². The minimum absolute atomic E-state index is 0.635. The number of nitrogens with one attached hydrogen (secondary N) is 1. The highest BCUT2D eigenvalue weighted by Crippen LogP contribution is 2.26.